The standard InChI is InChI=1S/C22H33N5O3/c1-2-23-22(24-11-6-13-27-12-4-10-20(27)28)25-16-17-7-3-8-18(15-17)26-21(29)19-9-5-14-30-19/h3,7-8,15,19H,2,4-6,9-14,16H2,1H3,(H,26,29)(H2,23,24,25). The number of hydrogen-bond donors (Lipinski definition) is 3. The predicted octanol–water partition coefficient (Wildman–Crippen LogP) is 1.87. The van der Waals surface area contributed by atoms with Crippen LogP contribution in [0.4, 0.5) is 5.69 Å². The molecule has 164 valence electrons. The van der Waals surface area contributed by atoms with Crippen LogP contribution in [0.2, 0.25) is 0 Å². The minimum atomic E-state index is -0.341. The smallest absolute Gasteiger partial charge is 0.253 e. The Morgan fingerprint density at radius 2 is 2.20 bits per heavy atom. The molecule has 0 radical (unpaired) electrons. The summed E-state index contributed by atoms with van der Waals surface area (Å²) in [6, 6.07) is 7.74. The number of amides is 2. The highest BCUT2D eigenvalue weighted by Crippen LogP contribution is 2.16. The lowest BCUT2D eigenvalue weighted by Gasteiger charge is -2.16. The van der Waals surface area contributed by atoms with Crippen LogP contribution in [0.15, 0.2) is 29.3 Å². The van der Waals surface area contributed by atoms with Gasteiger partial charge in [-0.1, -0.05) is 12.1 Å². The van der Waals surface area contributed by atoms with Crippen molar-refractivity contribution in [3.05, 3.63) is 29.8 Å². The van der Waals surface area contributed by atoms with E-state index in [-0.39, 0.29) is 17.9 Å². The first-order valence-electron chi connectivity index (χ1n) is 11.0. The van der Waals surface area contributed by atoms with E-state index in [1.54, 1.807) is 0 Å². The van der Waals surface area contributed by atoms with Gasteiger partial charge in [-0.3, -0.25) is 9.59 Å². The molecular weight excluding hydrogens is 382 g/mol. The number of ether oxygens (including phenoxy) is 1. The highest BCUT2D eigenvalue weighted by atomic mass is 16.5. The lowest BCUT2D eigenvalue weighted by Crippen LogP contribution is -2.39. The largest absolute Gasteiger partial charge is 0.368 e. The highest BCUT2D eigenvalue weighted by molar-refractivity contribution is 5.94. The van der Waals surface area contributed by atoms with Crippen molar-refractivity contribution >= 4 is 23.5 Å². The molecule has 2 aliphatic heterocycles. The zero-order valence-electron chi connectivity index (χ0n) is 17.8. The van der Waals surface area contributed by atoms with Crippen LogP contribution < -0.4 is 16.0 Å². The zero-order valence-corrected chi connectivity index (χ0v) is 17.8. The molecule has 8 nitrogen and oxygen atoms in total. The van der Waals surface area contributed by atoms with Crippen LogP contribution in [0.3, 0.4) is 0 Å². The van der Waals surface area contributed by atoms with Crippen LogP contribution in [0.5, 0.6) is 0 Å². The number of aliphatic imine (C=N–C) groups is 1. The van der Waals surface area contributed by atoms with E-state index in [0.29, 0.717) is 19.6 Å². The molecule has 1 unspecified atom stereocenters. The van der Waals surface area contributed by atoms with Gasteiger partial charge in [-0.25, -0.2) is 4.99 Å². The third-order valence-corrected chi connectivity index (χ3v) is 5.25. The minimum Gasteiger partial charge on any atom is -0.368 e. The van der Waals surface area contributed by atoms with Crippen LogP contribution in [-0.2, 0) is 20.9 Å². The average Bonchev–Trinajstić information content (AvgIpc) is 3.42. The Hall–Kier alpha value is -2.61. The SMILES string of the molecule is CCNC(=NCc1cccc(NC(=O)C2CCCO2)c1)NCCCN1CCCC1=O. The number of nitrogens with one attached hydrogen (secondary N) is 3. The molecule has 1 aromatic carbocycles. The van der Waals surface area contributed by atoms with E-state index < -0.39 is 0 Å². The quantitative estimate of drug-likeness (QED) is 0.325. The van der Waals surface area contributed by atoms with E-state index >= 15 is 0 Å². The van der Waals surface area contributed by atoms with Crippen LogP contribution in [0, 0.1) is 0 Å². The number of guanidine groups is 1. The van der Waals surface area contributed by atoms with Gasteiger partial charge < -0.3 is 25.6 Å². The summed E-state index contributed by atoms with van der Waals surface area (Å²) >= 11 is 0. The second-order valence-electron chi connectivity index (χ2n) is 7.65. The molecule has 3 rings (SSSR count). The molecule has 3 N–H and O–H groups in total. The van der Waals surface area contributed by atoms with Gasteiger partial charge in [0.25, 0.3) is 5.91 Å². The number of benzene rings is 1. The maximum Gasteiger partial charge on any atom is 0.253 e. The van der Waals surface area contributed by atoms with Crippen LogP contribution >= 0.6 is 0 Å². The van der Waals surface area contributed by atoms with Crippen molar-refractivity contribution < 1.29 is 14.3 Å². The molecule has 2 saturated heterocycles. The normalized spacial score (nSPS) is 19.2. The molecule has 30 heavy (non-hydrogen) atoms. The fourth-order valence-electron chi connectivity index (χ4n) is 3.68. The second kappa shape index (κ2) is 11.5. The molecule has 0 saturated carbocycles. The predicted molar refractivity (Wildman–Crippen MR) is 117 cm³/mol. The number of anilines is 1. The van der Waals surface area contributed by atoms with E-state index in [1.807, 2.05) is 36.1 Å². The molecule has 2 aliphatic rings. The van der Waals surface area contributed by atoms with Crippen molar-refractivity contribution in [2.75, 3.05) is 38.1 Å². The van der Waals surface area contributed by atoms with Gasteiger partial charge in [0.2, 0.25) is 5.91 Å². The number of nitrogens with zero attached hydrogens (tertiary/aromatic N) is 2. The van der Waals surface area contributed by atoms with Crippen molar-refractivity contribution in [1.29, 1.82) is 0 Å². The van der Waals surface area contributed by atoms with E-state index in [9.17, 15) is 9.59 Å². The first kappa shape index (κ1) is 22.1. The molecule has 2 fully saturated rings. The Kier molecular flexibility index (Phi) is 8.50. The Balaban J connectivity index is 1.47. The maximum atomic E-state index is 12.2. The van der Waals surface area contributed by atoms with Gasteiger partial charge in [-0.2, -0.15) is 0 Å². The van der Waals surface area contributed by atoms with E-state index in [4.69, 9.17) is 4.74 Å². The zero-order chi connectivity index (χ0) is 21.2. The highest BCUT2D eigenvalue weighted by Gasteiger charge is 2.23. The summed E-state index contributed by atoms with van der Waals surface area (Å²) in [4.78, 5) is 30.5. The van der Waals surface area contributed by atoms with Crippen molar-refractivity contribution in [3.8, 4) is 0 Å². The number of carbonyl (C=O) groups is 2. The van der Waals surface area contributed by atoms with Gasteiger partial charge >= 0.3 is 0 Å². The van der Waals surface area contributed by atoms with E-state index in [2.05, 4.69) is 20.9 Å². The van der Waals surface area contributed by atoms with E-state index in [1.165, 1.54) is 0 Å². The van der Waals surface area contributed by atoms with Crippen molar-refractivity contribution in [1.82, 2.24) is 15.5 Å². The van der Waals surface area contributed by atoms with Gasteiger partial charge in [0.1, 0.15) is 6.10 Å². The molecule has 1 aromatic rings. The topological polar surface area (TPSA) is 95.1 Å². The summed E-state index contributed by atoms with van der Waals surface area (Å²) < 4.78 is 5.44. The monoisotopic (exact) mass is 415 g/mol. The minimum absolute atomic E-state index is 0.0837. The molecule has 0 spiro atoms. The average molecular weight is 416 g/mol. The first-order chi connectivity index (χ1) is 14.7. The van der Waals surface area contributed by atoms with Crippen molar-refractivity contribution in [2.24, 2.45) is 4.99 Å². The molecule has 1 atom stereocenters. The van der Waals surface area contributed by atoms with Crippen LogP contribution in [0.25, 0.3) is 0 Å². The number of likely N-dealkylation sites (tertiary alicyclic amines) is 1. The molecule has 2 amide bonds. The van der Waals surface area contributed by atoms with Crippen LogP contribution in [-0.4, -0.2) is 61.6 Å². The van der Waals surface area contributed by atoms with Crippen LogP contribution in [0.1, 0.15) is 44.6 Å². The van der Waals surface area contributed by atoms with Gasteiger partial charge in [0.15, 0.2) is 5.96 Å². The number of carbonyl (C=O) groups excluding carboxylic acids is 2. The fourth-order valence-corrected chi connectivity index (χ4v) is 3.68. The summed E-state index contributed by atoms with van der Waals surface area (Å²) in [6.45, 7) is 6.39. The summed E-state index contributed by atoms with van der Waals surface area (Å²) in [5.74, 6) is 0.931. The third kappa shape index (κ3) is 6.73. The van der Waals surface area contributed by atoms with Gasteiger partial charge in [-0.05, 0) is 50.3 Å². The lowest BCUT2D eigenvalue weighted by molar-refractivity contribution is -0.127. The molecule has 0 bridgehead atoms. The van der Waals surface area contributed by atoms with Gasteiger partial charge in [-0.15, -0.1) is 0 Å². The number of rotatable bonds is 9. The lowest BCUT2D eigenvalue weighted by atomic mass is 10.2. The Bertz CT molecular complexity index is 746. The molecule has 2 heterocycles. The summed E-state index contributed by atoms with van der Waals surface area (Å²) in [5, 5.41) is 9.51. The van der Waals surface area contributed by atoms with Gasteiger partial charge in [0, 0.05) is 44.9 Å². The third-order valence-electron chi connectivity index (χ3n) is 5.25. The molecular formula is C22H33N5O3. The molecule has 0 aliphatic carbocycles. The summed E-state index contributed by atoms with van der Waals surface area (Å²) in [7, 11) is 0. The van der Waals surface area contributed by atoms with Crippen molar-refractivity contribution in [3.63, 3.8) is 0 Å². The fraction of sp³-hybridized carbons (Fsp3) is 0.591. The van der Waals surface area contributed by atoms with E-state index in [0.717, 1.165) is 69.1 Å². The van der Waals surface area contributed by atoms with Gasteiger partial charge in [0.05, 0.1) is 6.54 Å². The Labute approximate surface area is 178 Å². The first-order valence-corrected chi connectivity index (χ1v) is 11.0. The molecule has 8 heteroatoms. The Morgan fingerprint density at radius 1 is 1.30 bits per heavy atom. The van der Waals surface area contributed by atoms with Crippen molar-refractivity contribution in [2.45, 2.75) is 51.7 Å². The summed E-state index contributed by atoms with van der Waals surface area (Å²) in [6.07, 6.45) is 3.92. The maximum absolute atomic E-state index is 12.2. The molecule has 0 aromatic heterocycles. The Morgan fingerprint density at radius 3 is 2.93 bits per heavy atom. The second-order valence-corrected chi connectivity index (χ2v) is 7.65. The summed E-state index contributed by atoms with van der Waals surface area (Å²) in [5.41, 5.74) is 1.77. The number of hydrogen-bond acceptors (Lipinski definition) is 4.